The molecule has 0 saturated heterocycles. The lowest BCUT2D eigenvalue weighted by Crippen LogP contribution is -1.98. The Balaban J connectivity index is 1.75. The lowest BCUT2D eigenvalue weighted by Gasteiger charge is -2.06. The van der Waals surface area contributed by atoms with Crippen molar-refractivity contribution in [2.45, 2.75) is 19.9 Å². The molecule has 1 aromatic heterocycles. The quantitative estimate of drug-likeness (QED) is 0.757. The number of hydrogen-bond donors (Lipinski definition) is 2. The van der Waals surface area contributed by atoms with Gasteiger partial charge in [0.2, 0.25) is 0 Å². The number of phenols is 1. The molecule has 102 valence electrons. The Kier molecular flexibility index (Phi) is 3.29. The van der Waals surface area contributed by atoms with Crippen LogP contribution in [-0.2, 0) is 13.0 Å². The standard InChI is InChI=1S/C16H16N2O2/c1-2-16-18-14-9-12(5-8-15(14)20-16)17-10-11-3-6-13(19)7-4-11/h3-9,17,19H,2,10H2,1H3. The third-order valence-electron chi connectivity index (χ3n) is 3.17. The minimum atomic E-state index is 0.282. The third kappa shape index (κ3) is 2.59. The molecule has 2 aromatic carbocycles. The molecule has 4 nitrogen and oxygen atoms in total. The van der Waals surface area contributed by atoms with E-state index in [1.165, 1.54) is 0 Å². The molecule has 1 heterocycles. The highest BCUT2D eigenvalue weighted by molar-refractivity contribution is 5.77. The van der Waals surface area contributed by atoms with Crippen molar-refractivity contribution in [3.05, 3.63) is 53.9 Å². The van der Waals surface area contributed by atoms with Gasteiger partial charge in [0.1, 0.15) is 11.3 Å². The molecule has 0 unspecified atom stereocenters. The van der Waals surface area contributed by atoms with Crippen LogP contribution in [0.4, 0.5) is 5.69 Å². The molecule has 2 N–H and O–H groups in total. The molecule has 0 amide bonds. The predicted octanol–water partition coefficient (Wildman–Crippen LogP) is 3.71. The molecule has 0 radical (unpaired) electrons. The summed E-state index contributed by atoms with van der Waals surface area (Å²) in [5, 5.41) is 12.6. The molecule has 0 saturated carbocycles. The zero-order valence-corrected chi connectivity index (χ0v) is 11.3. The van der Waals surface area contributed by atoms with Crippen LogP contribution in [0.15, 0.2) is 46.9 Å². The van der Waals surface area contributed by atoms with Gasteiger partial charge in [-0.25, -0.2) is 4.98 Å². The second kappa shape index (κ2) is 5.25. The monoisotopic (exact) mass is 268 g/mol. The molecule has 0 fully saturated rings. The first kappa shape index (κ1) is 12.5. The summed E-state index contributed by atoms with van der Waals surface area (Å²) in [6.45, 7) is 2.72. The molecule has 20 heavy (non-hydrogen) atoms. The Morgan fingerprint density at radius 3 is 2.70 bits per heavy atom. The largest absolute Gasteiger partial charge is 0.508 e. The van der Waals surface area contributed by atoms with Gasteiger partial charge in [0.25, 0.3) is 0 Å². The highest BCUT2D eigenvalue weighted by Gasteiger charge is 2.04. The summed E-state index contributed by atoms with van der Waals surface area (Å²) in [7, 11) is 0. The van der Waals surface area contributed by atoms with Crippen LogP contribution in [0.25, 0.3) is 11.1 Å². The van der Waals surface area contributed by atoms with Crippen LogP contribution < -0.4 is 5.32 Å². The van der Waals surface area contributed by atoms with E-state index in [-0.39, 0.29) is 5.75 Å². The highest BCUT2D eigenvalue weighted by atomic mass is 16.3. The van der Waals surface area contributed by atoms with Gasteiger partial charge in [-0.3, -0.25) is 0 Å². The fraction of sp³-hybridized carbons (Fsp3) is 0.188. The predicted molar refractivity (Wildman–Crippen MR) is 78.8 cm³/mol. The molecular formula is C16H16N2O2. The van der Waals surface area contributed by atoms with Gasteiger partial charge < -0.3 is 14.8 Å². The number of nitrogens with one attached hydrogen (secondary N) is 1. The molecule has 0 aliphatic rings. The first-order valence-electron chi connectivity index (χ1n) is 6.66. The smallest absolute Gasteiger partial charge is 0.195 e. The Hall–Kier alpha value is -2.49. The minimum absolute atomic E-state index is 0.282. The van der Waals surface area contributed by atoms with E-state index in [0.717, 1.165) is 34.7 Å². The number of aromatic nitrogens is 1. The molecule has 0 atom stereocenters. The lowest BCUT2D eigenvalue weighted by molar-refractivity contribution is 0.475. The van der Waals surface area contributed by atoms with Gasteiger partial charge in [-0.2, -0.15) is 0 Å². The van der Waals surface area contributed by atoms with Crippen LogP contribution in [0.1, 0.15) is 18.4 Å². The van der Waals surface area contributed by atoms with Crippen molar-refractivity contribution >= 4 is 16.8 Å². The topological polar surface area (TPSA) is 58.3 Å². The van der Waals surface area contributed by atoms with E-state index in [1.54, 1.807) is 12.1 Å². The number of oxazole rings is 1. The zero-order chi connectivity index (χ0) is 13.9. The summed E-state index contributed by atoms with van der Waals surface area (Å²) in [5.41, 5.74) is 3.80. The van der Waals surface area contributed by atoms with E-state index >= 15 is 0 Å². The van der Waals surface area contributed by atoms with Gasteiger partial charge in [0.15, 0.2) is 11.5 Å². The first-order valence-corrected chi connectivity index (χ1v) is 6.66. The molecule has 3 aromatic rings. The second-order valence-corrected chi connectivity index (χ2v) is 4.66. The number of rotatable bonds is 4. The minimum Gasteiger partial charge on any atom is -0.508 e. The number of aromatic hydroxyl groups is 1. The van der Waals surface area contributed by atoms with Gasteiger partial charge >= 0.3 is 0 Å². The average molecular weight is 268 g/mol. The fourth-order valence-corrected chi connectivity index (χ4v) is 2.05. The van der Waals surface area contributed by atoms with E-state index in [0.29, 0.717) is 6.54 Å². The van der Waals surface area contributed by atoms with E-state index in [4.69, 9.17) is 4.42 Å². The average Bonchev–Trinajstić information content (AvgIpc) is 2.89. The normalized spacial score (nSPS) is 10.8. The maximum atomic E-state index is 9.25. The SMILES string of the molecule is CCc1nc2cc(NCc3ccc(O)cc3)ccc2o1. The Morgan fingerprint density at radius 1 is 1.15 bits per heavy atom. The lowest BCUT2D eigenvalue weighted by atomic mass is 10.2. The molecule has 0 aliphatic heterocycles. The maximum absolute atomic E-state index is 9.25. The molecule has 4 heteroatoms. The van der Waals surface area contributed by atoms with Crippen LogP contribution in [0.5, 0.6) is 5.75 Å². The van der Waals surface area contributed by atoms with Gasteiger partial charge in [0, 0.05) is 18.7 Å². The van der Waals surface area contributed by atoms with E-state index in [9.17, 15) is 5.11 Å². The highest BCUT2D eigenvalue weighted by Crippen LogP contribution is 2.21. The number of hydrogen-bond acceptors (Lipinski definition) is 4. The van der Waals surface area contributed by atoms with Crippen molar-refractivity contribution in [1.82, 2.24) is 4.98 Å². The van der Waals surface area contributed by atoms with Crippen molar-refractivity contribution in [2.24, 2.45) is 0 Å². The van der Waals surface area contributed by atoms with E-state index in [1.807, 2.05) is 37.3 Å². The fourth-order valence-electron chi connectivity index (χ4n) is 2.05. The van der Waals surface area contributed by atoms with Crippen LogP contribution in [-0.4, -0.2) is 10.1 Å². The van der Waals surface area contributed by atoms with Crippen LogP contribution in [0, 0.1) is 0 Å². The summed E-state index contributed by atoms with van der Waals surface area (Å²) >= 11 is 0. The molecule has 0 aliphatic carbocycles. The third-order valence-corrected chi connectivity index (χ3v) is 3.17. The summed E-state index contributed by atoms with van der Waals surface area (Å²) in [6, 6.07) is 13.1. The summed E-state index contributed by atoms with van der Waals surface area (Å²) in [6.07, 6.45) is 0.797. The van der Waals surface area contributed by atoms with Crippen LogP contribution in [0.3, 0.4) is 0 Å². The Morgan fingerprint density at radius 2 is 1.95 bits per heavy atom. The van der Waals surface area contributed by atoms with Crippen LogP contribution in [0.2, 0.25) is 0 Å². The molecular weight excluding hydrogens is 252 g/mol. The molecule has 0 bridgehead atoms. The molecule has 3 rings (SSSR count). The van der Waals surface area contributed by atoms with Gasteiger partial charge in [-0.1, -0.05) is 19.1 Å². The van der Waals surface area contributed by atoms with Crippen molar-refractivity contribution in [3.63, 3.8) is 0 Å². The number of aryl methyl sites for hydroxylation is 1. The van der Waals surface area contributed by atoms with Crippen molar-refractivity contribution < 1.29 is 9.52 Å². The van der Waals surface area contributed by atoms with E-state index < -0.39 is 0 Å². The van der Waals surface area contributed by atoms with E-state index in [2.05, 4.69) is 10.3 Å². The molecule has 0 spiro atoms. The second-order valence-electron chi connectivity index (χ2n) is 4.66. The van der Waals surface area contributed by atoms with Crippen molar-refractivity contribution in [2.75, 3.05) is 5.32 Å². The summed E-state index contributed by atoms with van der Waals surface area (Å²) < 4.78 is 5.58. The number of fused-ring (bicyclic) bond motifs is 1. The van der Waals surface area contributed by atoms with Gasteiger partial charge in [-0.05, 0) is 35.9 Å². The summed E-state index contributed by atoms with van der Waals surface area (Å²) in [4.78, 5) is 4.42. The summed E-state index contributed by atoms with van der Waals surface area (Å²) in [5.74, 6) is 1.04. The van der Waals surface area contributed by atoms with Gasteiger partial charge in [0.05, 0.1) is 0 Å². The zero-order valence-electron chi connectivity index (χ0n) is 11.3. The number of nitrogens with zero attached hydrogens (tertiary/aromatic N) is 1. The van der Waals surface area contributed by atoms with Crippen molar-refractivity contribution in [3.8, 4) is 5.75 Å². The van der Waals surface area contributed by atoms with Gasteiger partial charge in [-0.15, -0.1) is 0 Å². The van der Waals surface area contributed by atoms with Crippen molar-refractivity contribution in [1.29, 1.82) is 0 Å². The Labute approximate surface area is 117 Å². The van der Waals surface area contributed by atoms with Crippen LogP contribution >= 0.6 is 0 Å². The number of benzene rings is 2. The first-order chi connectivity index (χ1) is 9.74. The maximum Gasteiger partial charge on any atom is 0.195 e. The number of phenolic OH excluding ortho intramolecular Hbond substituents is 1. The Bertz CT molecular complexity index is 717. The number of anilines is 1.